The molecule has 8 heteroatoms. The Labute approximate surface area is 104 Å². The minimum absolute atomic E-state index is 0.0111. The Hall–Kier alpha value is -1.80. The molecule has 18 heavy (non-hydrogen) atoms. The number of carbonyl (C=O) groups excluding carboxylic acids is 1. The molecule has 1 aromatic carbocycles. The lowest BCUT2D eigenvalue weighted by atomic mass is 10.2. The van der Waals surface area contributed by atoms with E-state index < -0.39 is 20.9 Å². The second-order valence-corrected chi connectivity index (χ2v) is 5.48. The molecule has 0 fully saturated rings. The molecule has 1 aromatic rings. The lowest BCUT2D eigenvalue weighted by molar-refractivity contribution is -0.384. The molecule has 0 heterocycles. The van der Waals surface area contributed by atoms with Gasteiger partial charge in [-0.1, -0.05) is 6.92 Å². The Bertz CT molecular complexity index is 538. The maximum Gasteiger partial charge on any atom is 0.269 e. The molecule has 0 aliphatic carbocycles. The van der Waals surface area contributed by atoms with Crippen molar-refractivity contribution in [3.05, 3.63) is 34.4 Å². The van der Waals surface area contributed by atoms with Crippen molar-refractivity contribution in [3.8, 4) is 0 Å². The summed E-state index contributed by atoms with van der Waals surface area (Å²) >= 11 is 0. The lowest BCUT2D eigenvalue weighted by Crippen LogP contribution is -2.28. The smallest absolute Gasteiger partial charge is 0.269 e. The van der Waals surface area contributed by atoms with Crippen molar-refractivity contribution >= 4 is 22.0 Å². The molecule has 1 N–H and O–H groups in total. The van der Waals surface area contributed by atoms with Gasteiger partial charge >= 0.3 is 0 Å². The van der Waals surface area contributed by atoms with Crippen LogP contribution in [0.1, 0.15) is 6.92 Å². The van der Waals surface area contributed by atoms with Crippen molar-refractivity contribution in [2.75, 3.05) is 6.54 Å². The van der Waals surface area contributed by atoms with Crippen molar-refractivity contribution in [3.63, 3.8) is 0 Å². The van der Waals surface area contributed by atoms with E-state index in [1.54, 1.807) is 6.92 Å². The fraction of sp³-hybridized carbons (Fsp3) is 0.300. The third-order valence-corrected chi connectivity index (χ3v) is 3.62. The molecule has 0 saturated heterocycles. The van der Waals surface area contributed by atoms with E-state index in [4.69, 9.17) is 0 Å². The molecule has 1 atom stereocenters. The van der Waals surface area contributed by atoms with Gasteiger partial charge < -0.3 is 4.79 Å². The first-order chi connectivity index (χ1) is 8.36. The first kappa shape index (κ1) is 14.3. The molecule has 0 aliphatic heterocycles. The molecular formula is C10H12N2O5S. The van der Waals surface area contributed by atoms with Crippen LogP contribution < -0.4 is 4.72 Å². The number of nitrogens with zero attached hydrogens (tertiary/aromatic N) is 1. The van der Waals surface area contributed by atoms with E-state index >= 15 is 0 Å². The van der Waals surface area contributed by atoms with Gasteiger partial charge in [-0.15, -0.1) is 0 Å². The Kier molecular flexibility index (Phi) is 4.51. The number of carbonyl (C=O) groups is 1. The highest BCUT2D eigenvalue weighted by Gasteiger charge is 2.16. The van der Waals surface area contributed by atoms with Gasteiger partial charge in [-0.05, 0) is 12.1 Å². The summed E-state index contributed by atoms with van der Waals surface area (Å²) in [5.74, 6) is -0.433. The largest absolute Gasteiger partial charge is 0.303 e. The molecule has 0 radical (unpaired) electrons. The summed E-state index contributed by atoms with van der Waals surface area (Å²) in [5.41, 5.74) is -0.185. The van der Waals surface area contributed by atoms with Gasteiger partial charge in [0, 0.05) is 24.6 Å². The normalized spacial score (nSPS) is 12.9. The van der Waals surface area contributed by atoms with Crippen molar-refractivity contribution in [1.82, 2.24) is 4.72 Å². The summed E-state index contributed by atoms with van der Waals surface area (Å²) in [4.78, 5) is 20.1. The summed E-state index contributed by atoms with van der Waals surface area (Å²) in [5, 5.41) is 10.4. The van der Waals surface area contributed by atoms with E-state index in [-0.39, 0.29) is 17.1 Å². The summed E-state index contributed by atoms with van der Waals surface area (Å²) in [7, 11) is -3.74. The molecule has 0 aromatic heterocycles. The average Bonchev–Trinajstić information content (AvgIpc) is 2.36. The van der Waals surface area contributed by atoms with Crippen LogP contribution in [0.25, 0.3) is 0 Å². The highest BCUT2D eigenvalue weighted by molar-refractivity contribution is 7.89. The van der Waals surface area contributed by atoms with E-state index in [1.165, 1.54) is 0 Å². The van der Waals surface area contributed by atoms with Crippen molar-refractivity contribution in [2.24, 2.45) is 5.92 Å². The van der Waals surface area contributed by atoms with Gasteiger partial charge in [0.2, 0.25) is 10.0 Å². The van der Waals surface area contributed by atoms with Crippen LogP contribution >= 0.6 is 0 Å². The van der Waals surface area contributed by atoms with E-state index in [2.05, 4.69) is 4.72 Å². The zero-order valence-corrected chi connectivity index (χ0v) is 10.4. The molecule has 7 nitrogen and oxygen atoms in total. The second kappa shape index (κ2) is 5.69. The van der Waals surface area contributed by atoms with Crippen LogP contribution in [0.5, 0.6) is 0 Å². The first-order valence-corrected chi connectivity index (χ1v) is 6.54. The predicted molar refractivity (Wildman–Crippen MR) is 63.5 cm³/mol. The van der Waals surface area contributed by atoms with Gasteiger partial charge in [-0.25, -0.2) is 13.1 Å². The summed E-state index contributed by atoms with van der Waals surface area (Å²) in [6.07, 6.45) is 0.637. The van der Waals surface area contributed by atoms with Gasteiger partial charge in [0.15, 0.2) is 0 Å². The van der Waals surface area contributed by atoms with Gasteiger partial charge in [-0.2, -0.15) is 0 Å². The Morgan fingerprint density at radius 1 is 1.39 bits per heavy atom. The Morgan fingerprint density at radius 2 is 1.94 bits per heavy atom. The van der Waals surface area contributed by atoms with Gasteiger partial charge in [0.25, 0.3) is 5.69 Å². The molecular weight excluding hydrogens is 260 g/mol. The van der Waals surface area contributed by atoms with E-state index in [0.29, 0.717) is 6.29 Å². The molecule has 1 rings (SSSR count). The molecule has 0 bridgehead atoms. The number of hydrogen-bond donors (Lipinski definition) is 1. The van der Waals surface area contributed by atoms with Gasteiger partial charge in [0.1, 0.15) is 6.29 Å². The number of nitro groups is 1. The monoisotopic (exact) mass is 272 g/mol. The van der Waals surface area contributed by atoms with E-state index in [9.17, 15) is 23.3 Å². The number of benzene rings is 1. The van der Waals surface area contributed by atoms with E-state index in [0.717, 1.165) is 24.3 Å². The van der Waals surface area contributed by atoms with Gasteiger partial charge in [-0.3, -0.25) is 10.1 Å². The highest BCUT2D eigenvalue weighted by Crippen LogP contribution is 2.15. The quantitative estimate of drug-likeness (QED) is 0.466. The Balaban J connectivity index is 2.85. The standard InChI is InChI=1S/C10H12N2O5S/c1-8(7-13)6-11-18(16,17)10-4-2-9(3-5-10)12(14)15/h2-5,7-8,11H,6H2,1H3/t8-/m0/s1. The second-order valence-electron chi connectivity index (χ2n) is 3.72. The Morgan fingerprint density at radius 3 is 2.39 bits per heavy atom. The van der Waals surface area contributed by atoms with Crippen LogP contribution in [-0.4, -0.2) is 26.2 Å². The van der Waals surface area contributed by atoms with Crippen LogP contribution in [0.15, 0.2) is 29.2 Å². The number of non-ortho nitro benzene ring substituents is 1. The third kappa shape index (κ3) is 3.60. The number of rotatable bonds is 6. The number of sulfonamides is 1. The first-order valence-electron chi connectivity index (χ1n) is 5.06. The molecule has 0 spiro atoms. The molecule has 0 aliphatic rings. The fourth-order valence-corrected chi connectivity index (χ4v) is 2.26. The summed E-state index contributed by atoms with van der Waals surface area (Å²) < 4.78 is 25.7. The van der Waals surface area contributed by atoms with Crippen molar-refractivity contribution in [1.29, 1.82) is 0 Å². The van der Waals surface area contributed by atoms with Gasteiger partial charge in [0.05, 0.1) is 9.82 Å². The topological polar surface area (TPSA) is 106 Å². The van der Waals surface area contributed by atoms with E-state index in [1.807, 2.05) is 0 Å². The van der Waals surface area contributed by atoms with Crippen molar-refractivity contribution in [2.45, 2.75) is 11.8 Å². The van der Waals surface area contributed by atoms with Crippen LogP contribution in [0.3, 0.4) is 0 Å². The number of hydrogen-bond acceptors (Lipinski definition) is 5. The minimum Gasteiger partial charge on any atom is -0.303 e. The zero-order chi connectivity index (χ0) is 13.8. The lowest BCUT2D eigenvalue weighted by Gasteiger charge is -2.07. The average molecular weight is 272 g/mol. The number of nitrogens with one attached hydrogen (secondary N) is 1. The summed E-state index contributed by atoms with van der Waals surface area (Å²) in [6, 6.07) is 4.51. The molecule has 0 saturated carbocycles. The maximum absolute atomic E-state index is 11.7. The molecule has 98 valence electrons. The minimum atomic E-state index is -3.74. The van der Waals surface area contributed by atoms with Crippen LogP contribution in [0.2, 0.25) is 0 Å². The highest BCUT2D eigenvalue weighted by atomic mass is 32.2. The van der Waals surface area contributed by atoms with Crippen LogP contribution in [-0.2, 0) is 14.8 Å². The van der Waals surface area contributed by atoms with Crippen LogP contribution in [0, 0.1) is 16.0 Å². The molecule has 0 amide bonds. The maximum atomic E-state index is 11.7. The summed E-state index contributed by atoms with van der Waals surface area (Å²) in [6.45, 7) is 1.56. The number of aldehydes is 1. The fourth-order valence-electron chi connectivity index (χ4n) is 1.12. The molecule has 0 unspecified atom stereocenters. The zero-order valence-electron chi connectivity index (χ0n) is 9.57. The predicted octanol–water partition coefficient (Wildman–Crippen LogP) is 0.708. The third-order valence-electron chi connectivity index (χ3n) is 2.19. The number of nitro benzene ring substituents is 1. The van der Waals surface area contributed by atoms with Crippen LogP contribution in [0.4, 0.5) is 5.69 Å². The SMILES string of the molecule is C[C@H](C=O)CNS(=O)(=O)c1ccc([N+](=O)[O-])cc1. The van der Waals surface area contributed by atoms with Crippen molar-refractivity contribution < 1.29 is 18.1 Å².